The molecule has 0 saturated carbocycles. The van der Waals surface area contributed by atoms with Gasteiger partial charge >= 0.3 is 6.03 Å². The molecule has 1 saturated heterocycles. The van der Waals surface area contributed by atoms with Crippen LogP contribution in [0.4, 0.5) is 4.79 Å². The molecule has 0 aromatic heterocycles. The third-order valence-electron chi connectivity index (χ3n) is 17.9. The van der Waals surface area contributed by atoms with Crippen LogP contribution in [0, 0.1) is 29.6 Å². The second-order valence-corrected chi connectivity index (χ2v) is 27.3. The van der Waals surface area contributed by atoms with Crippen molar-refractivity contribution in [2.75, 3.05) is 55.4 Å². The minimum Gasteiger partial charge on any atom is -0.391 e. The van der Waals surface area contributed by atoms with Crippen molar-refractivity contribution in [3.05, 3.63) is 71.8 Å². The molecular formula is C70H112N12O13. The van der Waals surface area contributed by atoms with Gasteiger partial charge in [-0.2, -0.15) is 0 Å². The van der Waals surface area contributed by atoms with Gasteiger partial charge in [0.25, 0.3) is 5.91 Å². The molecule has 1 aliphatic heterocycles. The van der Waals surface area contributed by atoms with Gasteiger partial charge in [0.05, 0.1) is 6.10 Å². The molecule has 0 spiro atoms. The van der Waals surface area contributed by atoms with Gasteiger partial charge in [-0.3, -0.25) is 57.6 Å². The van der Waals surface area contributed by atoms with Gasteiger partial charge < -0.3 is 61.1 Å². The molecule has 0 unspecified atom stereocenters. The Hall–Kier alpha value is -7.96. The van der Waals surface area contributed by atoms with Crippen molar-refractivity contribution >= 4 is 71.0 Å². The fourth-order valence-corrected chi connectivity index (χ4v) is 11.9. The zero-order chi connectivity index (χ0) is 72.0. The van der Waals surface area contributed by atoms with Crippen LogP contribution in [0.15, 0.2) is 60.7 Å². The highest BCUT2D eigenvalue weighted by Gasteiger charge is 2.44. The highest BCUT2D eigenvalue weighted by molar-refractivity contribution is 6.02. The number of urea groups is 1. The van der Waals surface area contributed by atoms with Crippen LogP contribution in [0.5, 0.6) is 0 Å². The molecule has 2 aromatic rings. The Kier molecular flexibility index (Phi) is 32.5. The maximum absolute atomic E-state index is 15.4. The topological polar surface area (TPSA) is 308 Å². The van der Waals surface area contributed by atoms with Gasteiger partial charge in [-0.05, 0) is 93.6 Å². The first-order valence-electron chi connectivity index (χ1n) is 33.5. The molecule has 0 aliphatic carbocycles. The molecule has 1 heterocycles. The minimum atomic E-state index is -1.53. The predicted octanol–water partition coefficient (Wildman–Crippen LogP) is 3.99. The monoisotopic (exact) mass is 1330 g/mol. The molecule has 530 valence electrons. The lowest BCUT2D eigenvalue weighted by Gasteiger charge is -2.38. The van der Waals surface area contributed by atoms with Crippen molar-refractivity contribution in [1.29, 1.82) is 0 Å². The van der Waals surface area contributed by atoms with Gasteiger partial charge in [0.1, 0.15) is 60.4 Å². The van der Waals surface area contributed by atoms with E-state index in [1.165, 1.54) is 89.6 Å². The third-order valence-corrected chi connectivity index (χ3v) is 17.9. The van der Waals surface area contributed by atoms with Gasteiger partial charge in [-0.25, -0.2) is 4.79 Å². The van der Waals surface area contributed by atoms with Crippen molar-refractivity contribution < 1.29 is 62.6 Å². The maximum atomic E-state index is 15.4. The van der Waals surface area contributed by atoms with E-state index in [9.17, 15) is 48.3 Å². The summed E-state index contributed by atoms with van der Waals surface area (Å²) >= 11 is 0. The Morgan fingerprint density at radius 1 is 0.474 bits per heavy atom. The van der Waals surface area contributed by atoms with Crippen molar-refractivity contribution in [3.8, 4) is 0 Å². The Balaban J connectivity index is 2.03. The first-order valence-corrected chi connectivity index (χ1v) is 33.5. The van der Waals surface area contributed by atoms with Crippen molar-refractivity contribution in [3.63, 3.8) is 0 Å². The molecule has 6 N–H and O–H groups in total. The van der Waals surface area contributed by atoms with E-state index in [-0.39, 0.29) is 49.3 Å². The number of rotatable bonds is 33. The van der Waals surface area contributed by atoms with Crippen molar-refractivity contribution in [2.45, 2.75) is 215 Å². The summed E-state index contributed by atoms with van der Waals surface area (Å²) in [5, 5.41) is 24.5. The first kappa shape index (κ1) is 81.3. The van der Waals surface area contributed by atoms with Gasteiger partial charge in [-0.1, -0.05) is 136 Å². The third kappa shape index (κ3) is 23.1. The standard InChI is InChI=1S/C70H112N12O13/c1-21-45(10)59(69(94)81(20)70(95)80(19)58(44(8)9)63(88)75-57(48(13)83)62(87)71-46(11)64(89)82-35-29-24-30-36-82)79(18)67(92)53(39-50-31-25-22-26-32-50)74-61(86)55(40-51-33-27-23-28-34-51)78(17)66(91)52(37-41(2)3)73-60(85)54(38-42(4)5)77(16)65(90)47(12)76(15)68(93)56(43(6)7)72-49(14)84/h22-23,25-28,31-34,41-48,52-59,83H,21,24,29-30,35-40H2,1-20H3,(H,71,87)(H,72,84)(H,73,85)(H,74,86)(H,75,88)/t45-,46-,47-,48+,52-,53-,54-,55-,56+,57-,58-,59-/m0/s1. The summed E-state index contributed by atoms with van der Waals surface area (Å²) in [7, 11) is 8.30. The fraction of sp³-hybridized carbons (Fsp3) is 0.657. The zero-order valence-electron chi connectivity index (χ0n) is 60.1. The highest BCUT2D eigenvalue weighted by Crippen LogP contribution is 2.23. The molecule has 25 heteroatoms. The second kappa shape index (κ2) is 38.0. The molecular weight excluding hydrogens is 1220 g/mol. The van der Waals surface area contributed by atoms with Crippen molar-refractivity contribution in [1.82, 2.24) is 60.9 Å². The summed E-state index contributed by atoms with van der Waals surface area (Å²) in [6.45, 7) is 24.7. The summed E-state index contributed by atoms with van der Waals surface area (Å²) in [6, 6.07) is 4.68. The number of benzene rings is 2. The van der Waals surface area contributed by atoms with E-state index in [1.54, 1.807) is 107 Å². The number of nitrogens with one attached hydrogen (secondary N) is 5. The lowest BCUT2D eigenvalue weighted by molar-refractivity contribution is -0.149. The smallest absolute Gasteiger partial charge is 0.326 e. The molecule has 95 heavy (non-hydrogen) atoms. The molecule has 1 aliphatic rings. The number of piperidine rings is 1. The van der Waals surface area contributed by atoms with Crippen LogP contribution in [0.3, 0.4) is 0 Å². The molecule has 25 nitrogen and oxygen atoms in total. The molecule has 12 atom stereocenters. The summed E-state index contributed by atoms with van der Waals surface area (Å²) in [4.78, 5) is 180. The summed E-state index contributed by atoms with van der Waals surface area (Å²) in [5.74, 6) is -8.79. The number of aliphatic hydroxyl groups excluding tert-OH is 1. The first-order chi connectivity index (χ1) is 44.4. The van der Waals surface area contributed by atoms with E-state index in [0.717, 1.165) is 29.1 Å². The van der Waals surface area contributed by atoms with Crippen LogP contribution in [-0.4, -0.2) is 232 Å². The lowest BCUT2D eigenvalue weighted by atomic mass is 9.94. The van der Waals surface area contributed by atoms with Gasteiger partial charge in [0.2, 0.25) is 59.1 Å². The maximum Gasteiger partial charge on any atom is 0.326 e. The number of hydrogen-bond donors (Lipinski definition) is 6. The average Bonchev–Trinajstić information content (AvgIpc) is 0.861. The molecule has 0 radical (unpaired) electrons. The number of likely N-dealkylation sites (tertiary alicyclic amines) is 1. The van der Waals surface area contributed by atoms with Crippen LogP contribution >= 0.6 is 0 Å². The summed E-state index contributed by atoms with van der Waals surface area (Å²) < 4.78 is 0. The van der Waals surface area contributed by atoms with Gasteiger partial charge in [0, 0.05) is 75.1 Å². The van der Waals surface area contributed by atoms with Gasteiger partial charge in [-0.15, -0.1) is 0 Å². The summed E-state index contributed by atoms with van der Waals surface area (Å²) in [6.07, 6.45) is 1.73. The Labute approximate surface area is 563 Å². The van der Waals surface area contributed by atoms with Gasteiger partial charge in [0.15, 0.2) is 0 Å². The molecule has 2 aromatic carbocycles. The Morgan fingerprint density at radius 2 is 0.968 bits per heavy atom. The average molecular weight is 1330 g/mol. The largest absolute Gasteiger partial charge is 0.391 e. The van der Waals surface area contributed by atoms with E-state index >= 15 is 14.4 Å². The quantitative estimate of drug-likeness (QED) is 0.0590. The van der Waals surface area contributed by atoms with Crippen LogP contribution in [-0.2, 0) is 65.6 Å². The van der Waals surface area contributed by atoms with E-state index in [4.69, 9.17) is 0 Å². The second-order valence-electron chi connectivity index (χ2n) is 27.3. The summed E-state index contributed by atoms with van der Waals surface area (Å²) in [5.41, 5.74) is 1.29. The molecule has 0 bridgehead atoms. The van der Waals surface area contributed by atoms with E-state index < -0.39 is 143 Å². The number of amides is 13. The van der Waals surface area contributed by atoms with Crippen LogP contribution in [0.25, 0.3) is 0 Å². The lowest BCUT2D eigenvalue weighted by Crippen LogP contribution is -2.63. The number of carbonyl (C=O) groups is 12. The SMILES string of the molecule is CC[C@H](C)[C@@H](C(=O)N(C)C(=O)N(C)[C@H](C(=O)N[C@H](C(=O)N[C@@H](C)C(=O)N1CCCCC1)[C@@H](C)O)C(C)C)N(C)C(=O)[C@H](Cc1ccccc1)NC(=O)[C@H](Cc1ccccc1)N(C)C(=O)[C@H](CC(C)C)NC(=O)[C@H](CC(C)C)N(C)C(=O)[C@H](C)N(C)C(=O)[C@H](NC(C)=O)C(C)C. The molecule has 3 rings (SSSR count). The predicted molar refractivity (Wildman–Crippen MR) is 363 cm³/mol. The van der Waals surface area contributed by atoms with Crippen molar-refractivity contribution in [2.24, 2.45) is 29.6 Å². The Morgan fingerprint density at radius 3 is 1.45 bits per heavy atom. The number of imide groups is 1. The van der Waals surface area contributed by atoms with Crippen LogP contribution in [0.1, 0.15) is 147 Å². The normalized spacial score (nSPS) is 16.2. The van der Waals surface area contributed by atoms with E-state index in [0.29, 0.717) is 30.6 Å². The van der Waals surface area contributed by atoms with Crippen LogP contribution < -0.4 is 26.6 Å². The van der Waals surface area contributed by atoms with E-state index in [1.807, 2.05) is 27.7 Å². The molecule has 13 amide bonds. The number of hydrogen-bond acceptors (Lipinski definition) is 13. The highest BCUT2D eigenvalue weighted by atomic mass is 16.3. The van der Waals surface area contributed by atoms with E-state index in [2.05, 4.69) is 26.6 Å². The number of aliphatic hydroxyl groups is 1. The minimum absolute atomic E-state index is 0.0496. The number of nitrogens with zero attached hydrogens (tertiary/aromatic N) is 7. The fourth-order valence-electron chi connectivity index (χ4n) is 11.9. The number of carbonyl (C=O) groups excluding carboxylic acids is 12. The number of likely N-dealkylation sites (N-methyl/N-ethyl adjacent to an activating group) is 6. The van der Waals surface area contributed by atoms with Crippen LogP contribution in [0.2, 0.25) is 0 Å². The Bertz CT molecular complexity index is 2920. The zero-order valence-corrected chi connectivity index (χ0v) is 60.1. The molecule has 1 fully saturated rings.